The molecule has 0 aromatic carbocycles. The van der Waals surface area contributed by atoms with E-state index in [0.717, 1.165) is 32.1 Å². The number of terminal acetylenes is 1. The SMILES string of the molecule is C#CCN(C)C(=O)CCCCC1CCN(S(=O)(=O)C2(C(=O)NO)CCOCC2)CC1. The summed E-state index contributed by atoms with van der Waals surface area (Å²) >= 11 is 0. The lowest BCUT2D eigenvalue weighted by Crippen LogP contribution is -2.60. The molecule has 2 heterocycles. The zero-order chi connectivity index (χ0) is 22.2. The van der Waals surface area contributed by atoms with Crippen molar-refractivity contribution in [3.63, 3.8) is 0 Å². The van der Waals surface area contributed by atoms with Crippen LogP contribution in [0.2, 0.25) is 0 Å². The Kier molecular flexibility index (Phi) is 9.09. The number of hydrogen-bond acceptors (Lipinski definition) is 6. The summed E-state index contributed by atoms with van der Waals surface area (Å²) in [6.45, 7) is 1.36. The number of sulfonamides is 1. The average Bonchev–Trinajstić information content (AvgIpc) is 2.76. The van der Waals surface area contributed by atoms with Gasteiger partial charge in [0.05, 0.1) is 6.54 Å². The lowest BCUT2D eigenvalue weighted by Gasteiger charge is -2.40. The van der Waals surface area contributed by atoms with E-state index in [2.05, 4.69) is 5.92 Å². The molecule has 2 N–H and O–H groups in total. The first-order valence-electron chi connectivity index (χ1n) is 10.5. The van der Waals surface area contributed by atoms with Gasteiger partial charge in [0.25, 0.3) is 5.91 Å². The third kappa shape index (κ3) is 5.52. The molecule has 9 nitrogen and oxygen atoms in total. The highest BCUT2D eigenvalue weighted by Gasteiger charge is 2.54. The molecule has 2 amide bonds. The summed E-state index contributed by atoms with van der Waals surface area (Å²) in [4.78, 5) is 25.7. The molecule has 10 heteroatoms. The van der Waals surface area contributed by atoms with E-state index in [1.807, 2.05) is 0 Å². The van der Waals surface area contributed by atoms with Gasteiger partial charge in [-0.05, 0) is 25.2 Å². The molecule has 0 spiro atoms. The van der Waals surface area contributed by atoms with Crippen LogP contribution in [-0.4, -0.2) is 79.3 Å². The highest BCUT2D eigenvalue weighted by Crippen LogP contribution is 2.35. The monoisotopic (exact) mass is 443 g/mol. The second kappa shape index (κ2) is 11.1. The van der Waals surface area contributed by atoms with E-state index in [1.54, 1.807) is 12.5 Å². The molecule has 2 fully saturated rings. The smallest absolute Gasteiger partial charge is 0.266 e. The van der Waals surface area contributed by atoms with Gasteiger partial charge in [-0.1, -0.05) is 18.8 Å². The fourth-order valence-corrected chi connectivity index (χ4v) is 6.36. The van der Waals surface area contributed by atoms with E-state index < -0.39 is 20.7 Å². The molecule has 0 aromatic heterocycles. The largest absolute Gasteiger partial charge is 0.381 e. The van der Waals surface area contributed by atoms with E-state index >= 15 is 0 Å². The summed E-state index contributed by atoms with van der Waals surface area (Å²) in [5, 5.41) is 9.12. The standard InChI is InChI=1S/C20H33N3O6S/c1-3-12-22(2)18(24)7-5-4-6-17-8-13-23(14-9-17)30(27,28)20(19(25)21-26)10-15-29-16-11-20/h1,17,26H,4-16H2,2H3,(H,21,25). The Morgan fingerprint density at radius 3 is 2.47 bits per heavy atom. The number of ether oxygens (including phenoxy) is 1. The third-order valence-electron chi connectivity index (χ3n) is 6.23. The van der Waals surface area contributed by atoms with Crippen molar-refractivity contribution in [2.45, 2.75) is 56.1 Å². The van der Waals surface area contributed by atoms with Gasteiger partial charge in [0.1, 0.15) is 0 Å². The Balaban J connectivity index is 1.84. The molecule has 0 saturated carbocycles. The molecule has 30 heavy (non-hydrogen) atoms. The van der Waals surface area contributed by atoms with Gasteiger partial charge in [-0.2, -0.15) is 0 Å². The minimum Gasteiger partial charge on any atom is -0.381 e. The number of hydrogen-bond donors (Lipinski definition) is 2. The Morgan fingerprint density at radius 2 is 1.90 bits per heavy atom. The molecule has 170 valence electrons. The lowest BCUT2D eigenvalue weighted by atomic mass is 9.92. The highest BCUT2D eigenvalue weighted by atomic mass is 32.2. The molecule has 0 unspecified atom stereocenters. The molecule has 2 saturated heterocycles. The molecule has 2 aliphatic rings. The highest BCUT2D eigenvalue weighted by molar-refractivity contribution is 7.91. The zero-order valence-electron chi connectivity index (χ0n) is 17.6. The van der Waals surface area contributed by atoms with Crippen LogP contribution in [0.25, 0.3) is 0 Å². The summed E-state index contributed by atoms with van der Waals surface area (Å²) in [6.07, 6.45) is 9.81. The number of amides is 2. The van der Waals surface area contributed by atoms with Crippen molar-refractivity contribution in [1.29, 1.82) is 0 Å². The van der Waals surface area contributed by atoms with Gasteiger partial charge in [-0.25, -0.2) is 18.2 Å². The molecular formula is C20H33N3O6S. The number of carbonyl (C=O) groups excluding carboxylic acids is 2. The van der Waals surface area contributed by atoms with Crippen LogP contribution in [0.15, 0.2) is 0 Å². The van der Waals surface area contributed by atoms with Gasteiger partial charge in [0.15, 0.2) is 4.75 Å². The number of hydroxylamine groups is 1. The molecule has 0 bridgehead atoms. The maximum absolute atomic E-state index is 13.3. The Hall–Kier alpha value is -1.67. The zero-order valence-corrected chi connectivity index (χ0v) is 18.5. The van der Waals surface area contributed by atoms with E-state index in [9.17, 15) is 18.0 Å². The van der Waals surface area contributed by atoms with Crippen LogP contribution < -0.4 is 5.48 Å². The molecule has 2 aliphatic heterocycles. The molecular weight excluding hydrogens is 410 g/mol. The molecule has 0 aromatic rings. The van der Waals surface area contributed by atoms with Crippen molar-refractivity contribution in [1.82, 2.24) is 14.7 Å². The summed E-state index contributed by atoms with van der Waals surface area (Å²) in [5.41, 5.74) is 1.55. The van der Waals surface area contributed by atoms with E-state index in [-0.39, 0.29) is 32.0 Å². The quantitative estimate of drug-likeness (QED) is 0.235. The van der Waals surface area contributed by atoms with Crippen LogP contribution >= 0.6 is 0 Å². The maximum Gasteiger partial charge on any atom is 0.266 e. The van der Waals surface area contributed by atoms with Crippen LogP contribution in [0, 0.1) is 18.3 Å². The maximum atomic E-state index is 13.3. The first-order valence-corrected chi connectivity index (χ1v) is 11.9. The van der Waals surface area contributed by atoms with Gasteiger partial charge >= 0.3 is 0 Å². The number of piperidine rings is 1. The van der Waals surface area contributed by atoms with Gasteiger partial charge in [0, 0.05) is 52.6 Å². The average molecular weight is 444 g/mol. The number of nitrogens with zero attached hydrogens (tertiary/aromatic N) is 2. The second-order valence-electron chi connectivity index (χ2n) is 8.09. The van der Waals surface area contributed by atoms with Crippen LogP contribution in [0.1, 0.15) is 51.4 Å². The summed E-state index contributed by atoms with van der Waals surface area (Å²) in [7, 11) is -2.22. The molecule has 0 radical (unpaired) electrons. The first-order chi connectivity index (χ1) is 14.3. The molecule has 0 aliphatic carbocycles. The summed E-state index contributed by atoms with van der Waals surface area (Å²) in [6, 6.07) is 0. The molecule has 0 atom stereocenters. The Morgan fingerprint density at radius 1 is 1.27 bits per heavy atom. The van der Waals surface area contributed by atoms with Crippen LogP contribution in [-0.2, 0) is 24.3 Å². The van der Waals surface area contributed by atoms with Gasteiger partial charge in [-0.3, -0.25) is 14.8 Å². The third-order valence-corrected chi connectivity index (χ3v) is 8.86. The van der Waals surface area contributed by atoms with E-state index in [4.69, 9.17) is 16.4 Å². The van der Waals surface area contributed by atoms with E-state index in [0.29, 0.717) is 32.0 Å². The second-order valence-corrected chi connectivity index (χ2v) is 10.3. The van der Waals surface area contributed by atoms with Gasteiger partial charge < -0.3 is 9.64 Å². The first kappa shape index (κ1) is 24.6. The van der Waals surface area contributed by atoms with Crippen molar-refractivity contribution in [2.75, 3.05) is 39.9 Å². The van der Waals surface area contributed by atoms with Crippen molar-refractivity contribution in [2.24, 2.45) is 5.92 Å². The topological polar surface area (TPSA) is 116 Å². The van der Waals surface area contributed by atoms with Crippen molar-refractivity contribution in [3.05, 3.63) is 0 Å². The van der Waals surface area contributed by atoms with Crippen LogP contribution in [0.5, 0.6) is 0 Å². The predicted molar refractivity (Wildman–Crippen MR) is 111 cm³/mol. The minimum absolute atomic E-state index is 0.0316. The van der Waals surface area contributed by atoms with Crippen LogP contribution in [0.3, 0.4) is 0 Å². The Bertz CT molecular complexity index is 734. The van der Waals surface area contributed by atoms with Crippen molar-refractivity contribution >= 4 is 21.8 Å². The number of unbranched alkanes of at least 4 members (excludes halogenated alkanes) is 1. The minimum atomic E-state index is -3.92. The number of nitrogens with one attached hydrogen (secondary N) is 1. The molecule has 2 rings (SSSR count). The van der Waals surface area contributed by atoms with Gasteiger partial charge in [0.2, 0.25) is 15.9 Å². The van der Waals surface area contributed by atoms with E-state index in [1.165, 1.54) is 9.21 Å². The van der Waals surface area contributed by atoms with Gasteiger partial charge in [-0.15, -0.1) is 6.42 Å². The summed E-state index contributed by atoms with van der Waals surface area (Å²) < 4.78 is 31.5. The Labute approximate surface area is 179 Å². The van der Waals surface area contributed by atoms with Crippen molar-refractivity contribution < 1.29 is 28.0 Å². The fourth-order valence-electron chi connectivity index (χ4n) is 4.22. The lowest BCUT2D eigenvalue weighted by molar-refractivity contribution is -0.134. The van der Waals surface area contributed by atoms with Crippen molar-refractivity contribution in [3.8, 4) is 12.3 Å². The number of rotatable bonds is 9. The van der Waals surface area contributed by atoms with Crippen LogP contribution in [0.4, 0.5) is 0 Å². The predicted octanol–water partition coefficient (Wildman–Crippen LogP) is 0.735. The summed E-state index contributed by atoms with van der Waals surface area (Å²) in [5.74, 6) is 2.00. The normalized spacial score (nSPS) is 20.3. The number of carbonyl (C=O) groups is 2. The fraction of sp³-hybridized carbons (Fsp3) is 0.800.